The van der Waals surface area contributed by atoms with Crippen molar-refractivity contribution >= 4 is 5.91 Å². The van der Waals surface area contributed by atoms with E-state index in [1.807, 2.05) is 18.2 Å². The third-order valence-electron chi connectivity index (χ3n) is 3.89. The molecule has 7 heteroatoms. The Hall–Kier alpha value is -3.09. The molecule has 3 aromatic rings. The lowest BCUT2D eigenvalue weighted by Gasteiger charge is -2.16. The van der Waals surface area contributed by atoms with Crippen molar-refractivity contribution in [1.29, 1.82) is 0 Å². The molecule has 3 rings (SSSR count). The minimum absolute atomic E-state index is 0.254. The van der Waals surface area contributed by atoms with Crippen LogP contribution in [0.5, 0.6) is 0 Å². The van der Waals surface area contributed by atoms with Crippen LogP contribution in [-0.2, 0) is 6.18 Å². The molecule has 2 aromatic carbocycles. The highest BCUT2D eigenvalue weighted by Gasteiger charge is 2.41. The molecule has 0 unspecified atom stereocenters. The number of rotatable bonds is 3. The Morgan fingerprint density at radius 2 is 1.62 bits per heavy atom. The van der Waals surface area contributed by atoms with Gasteiger partial charge >= 0.3 is 6.18 Å². The first-order chi connectivity index (χ1) is 12.3. The van der Waals surface area contributed by atoms with E-state index in [4.69, 9.17) is 0 Å². The fourth-order valence-corrected chi connectivity index (χ4v) is 2.72. The Balaban J connectivity index is 2.25. The zero-order chi connectivity index (χ0) is 18.9. The molecule has 0 radical (unpaired) electrons. The summed E-state index contributed by atoms with van der Waals surface area (Å²) in [7, 11) is 2.80. The maximum Gasteiger partial charge on any atom is 0.434 e. The van der Waals surface area contributed by atoms with Crippen LogP contribution in [0.2, 0.25) is 0 Å². The Kier molecular flexibility index (Phi) is 4.54. The highest BCUT2D eigenvalue weighted by Crippen LogP contribution is 2.36. The van der Waals surface area contributed by atoms with Crippen molar-refractivity contribution in [3.05, 3.63) is 72.1 Å². The minimum Gasteiger partial charge on any atom is -0.345 e. The van der Waals surface area contributed by atoms with Gasteiger partial charge in [-0.05, 0) is 11.6 Å². The Bertz CT molecular complexity index is 931. The molecule has 0 aliphatic rings. The molecule has 0 saturated carbocycles. The van der Waals surface area contributed by atoms with Crippen molar-refractivity contribution in [2.45, 2.75) is 6.18 Å². The van der Waals surface area contributed by atoms with Crippen LogP contribution in [0.4, 0.5) is 13.2 Å². The predicted molar refractivity (Wildman–Crippen MR) is 92.0 cm³/mol. The zero-order valence-corrected chi connectivity index (χ0v) is 14.2. The molecule has 0 aliphatic heterocycles. The number of carbonyl (C=O) groups is 1. The van der Waals surface area contributed by atoms with Gasteiger partial charge in [0.15, 0.2) is 5.69 Å². The molecule has 0 atom stereocenters. The van der Waals surface area contributed by atoms with Crippen molar-refractivity contribution in [1.82, 2.24) is 14.7 Å². The van der Waals surface area contributed by atoms with Crippen LogP contribution >= 0.6 is 0 Å². The van der Waals surface area contributed by atoms with Gasteiger partial charge in [0.05, 0.1) is 17.4 Å². The summed E-state index contributed by atoms with van der Waals surface area (Å²) in [6.45, 7) is 0. The van der Waals surface area contributed by atoms with Crippen LogP contribution in [0.3, 0.4) is 0 Å². The van der Waals surface area contributed by atoms with Gasteiger partial charge in [0.1, 0.15) is 0 Å². The van der Waals surface area contributed by atoms with Crippen molar-refractivity contribution < 1.29 is 18.0 Å². The number of amides is 1. The third-order valence-corrected chi connectivity index (χ3v) is 3.89. The van der Waals surface area contributed by atoms with E-state index in [2.05, 4.69) is 5.10 Å². The second-order valence-electron chi connectivity index (χ2n) is 5.90. The molecule has 26 heavy (non-hydrogen) atoms. The van der Waals surface area contributed by atoms with Gasteiger partial charge in [0.25, 0.3) is 5.91 Å². The van der Waals surface area contributed by atoms with Gasteiger partial charge in [-0.15, -0.1) is 0 Å². The van der Waals surface area contributed by atoms with E-state index in [1.165, 1.54) is 14.1 Å². The van der Waals surface area contributed by atoms with E-state index < -0.39 is 23.3 Å². The van der Waals surface area contributed by atoms with Gasteiger partial charge in [0, 0.05) is 19.7 Å². The van der Waals surface area contributed by atoms with Gasteiger partial charge in [-0.2, -0.15) is 18.3 Å². The lowest BCUT2D eigenvalue weighted by molar-refractivity contribution is -0.143. The van der Waals surface area contributed by atoms with Crippen LogP contribution in [-0.4, -0.2) is 34.7 Å². The summed E-state index contributed by atoms with van der Waals surface area (Å²) in [6.07, 6.45) is -3.77. The summed E-state index contributed by atoms with van der Waals surface area (Å²) < 4.78 is 42.1. The van der Waals surface area contributed by atoms with Gasteiger partial charge in [-0.3, -0.25) is 4.79 Å². The number of para-hydroxylation sites is 1. The maximum atomic E-state index is 13.8. The SMILES string of the molecule is CN(C)C(=O)c1cnn(-c2ccccc2-c2ccccc2)c1C(F)(F)F. The fraction of sp³-hybridized carbons (Fsp3) is 0.158. The lowest BCUT2D eigenvalue weighted by Crippen LogP contribution is -2.25. The average Bonchev–Trinajstić information content (AvgIpc) is 3.07. The molecule has 0 spiro atoms. The van der Waals surface area contributed by atoms with Crippen LogP contribution in [0.15, 0.2) is 60.8 Å². The van der Waals surface area contributed by atoms with E-state index in [0.717, 1.165) is 21.3 Å². The molecule has 0 N–H and O–H groups in total. The van der Waals surface area contributed by atoms with E-state index in [-0.39, 0.29) is 5.69 Å². The summed E-state index contributed by atoms with van der Waals surface area (Å²) in [5.74, 6) is -0.749. The van der Waals surface area contributed by atoms with E-state index in [9.17, 15) is 18.0 Å². The van der Waals surface area contributed by atoms with E-state index >= 15 is 0 Å². The number of aromatic nitrogens is 2. The molecular weight excluding hydrogens is 343 g/mol. The summed E-state index contributed by atoms with van der Waals surface area (Å²) in [4.78, 5) is 13.3. The highest BCUT2D eigenvalue weighted by molar-refractivity contribution is 5.95. The largest absolute Gasteiger partial charge is 0.434 e. The van der Waals surface area contributed by atoms with Crippen LogP contribution in [0.1, 0.15) is 16.1 Å². The molecule has 1 heterocycles. The number of alkyl halides is 3. The second kappa shape index (κ2) is 6.67. The highest BCUT2D eigenvalue weighted by atomic mass is 19.4. The summed E-state index contributed by atoms with van der Waals surface area (Å²) in [5, 5.41) is 3.89. The first-order valence-electron chi connectivity index (χ1n) is 7.82. The third kappa shape index (κ3) is 3.20. The number of nitrogens with zero attached hydrogens (tertiary/aromatic N) is 3. The van der Waals surface area contributed by atoms with Crippen LogP contribution in [0.25, 0.3) is 16.8 Å². The van der Waals surface area contributed by atoms with E-state index in [0.29, 0.717) is 5.56 Å². The van der Waals surface area contributed by atoms with Crippen molar-refractivity contribution in [2.75, 3.05) is 14.1 Å². The zero-order valence-electron chi connectivity index (χ0n) is 14.2. The average molecular weight is 359 g/mol. The number of halogens is 3. The Labute approximate surface area is 148 Å². The fourth-order valence-electron chi connectivity index (χ4n) is 2.72. The Morgan fingerprint density at radius 1 is 1.00 bits per heavy atom. The minimum atomic E-state index is -4.73. The van der Waals surface area contributed by atoms with Gasteiger partial charge in [-0.1, -0.05) is 48.5 Å². The van der Waals surface area contributed by atoms with Gasteiger partial charge in [0.2, 0.25) is 0 Å². The van der Waals surface area contributed by atoms with Crippen molar-refractivity contribution in [2.24, 2.45) is 0 Å². The molecule has 4 nitrogen and oxygen atoms in total. The standard InChI is InChI=1S/C19H16F3N3O/c1-24(2)18(26)15-12-23-25(17(15)19(20,21)22)16-11-7-6-10-14(16)13-8-4-3-5-9-13/h3-12H,1-2H3. The first kappa shape index (κ1) is 17.7. The quantitative estimate of drug-likeness (QED) is 0.701. The topological polar surface area (TPSA) is 38.1 Å². The number of carbonyl (C=O) groups excluding carboxylic acids is 1. The maximum absolute atomic E-state index is 13.8. The molecule has 1 amide bonds. The number of hydrogen-bond acceptors (Lipinski definition) is 2. The van der Waals surface area contributed by atoms with Crippen LogP contribution < -0.4 is 0 Å². The molecule has 0 saturated heterocycles. The van der Waals surface area contributed by atoms with Crippen molar-refractivity contribution in [3.63, 3.8) is 0 Å². The summed E-state index contributed by atoms with van der Waals surface area (Å²) in [5.41, 5.74) is 0.0338. The number of hydrogen-bond donors (Lipinski definition) is 0. The molecule has 0 aliphatic carbocycles. The van der Waals surface area contributed by atoms with Crippen LogP contribution in [0, 0.1) is 0 Å². The second-order valence-corrected chi connectivity index (χ2v) is 5.90. The molecule has 1 aromatic heterocycles. The van der Waals surface area contributed by atoms with Gasteiger partial charge in [-0.25, -0.2) is 4.68 Å². The Morgan fingerprint density at radius 3 is 2.23 bits per heavy atom. The monoisotopic (exact) mass is 359 g/mol. The molecular formula is C19H16F3N3O. The molecule has 0 bridgehead atoms. The van der Waals surface area contributed by atoms with E-state index in [1.54, 1.807) is 36.4 Å². The first-order valence-corrected chi connectivity index (χ1v) is 7.82. The number of benzene rings is 2. The normalized spacial score (nSPS) is 11.4. The summed E-state index contributed by atoms with van der Waals surface area (Å²) >= 11 is 0. The van der Waals surface area contributed by atoms with Crippen molar-refractivity contribution in [3.8, 4) is 16.8 Å². The smallest absolute Gasteiger partial charge is 0.345 e. The summed E-state index contributed by atoms with van der Waals surface area (Å²) in [6, 6.07) is 15.7. The van der Waals surface area contributed by atoms with Gasteiger partial charge < -0.3 is 4.90 Å². The molecule has 0 fully saturated rings. The predicted octanol–water partition coefficient (Wildman–Crippen LogP) is 4.26. The molecule has 134 valence electrons. The lowest BCUT2D eigenvalue weighted by atomic mass is 10.0.